The molecule has 1 saturated heterocycles. The number of fused-ring (bicyclic) bond motifs is 1. The normalized spacial score (nSPS) is 21.5. The number of hydrogen-bond donors (Lipinski definition) is 2. The smallest absolute Gasteiger partial charge is 0.339 e. The standard InChI is InChI=1S/C14H17NO4S/c16-12(9-5-3-7-19-9)15-13-11(14(17)18)8-4-1-2-6-10(8)20-13/h9H,1-7H2,(H,15,16)(H,17,18)/t9-/m0/s1. The maximum absolute atomic E-state index is 12.1. The number of carboxylic acid groups (broad SMARTS) is 1. The Balaban J connectivity index is 1.86. The van der Waals surface area contributed by atoms with Crippen LogP contribution in [-0.4, -0.2) is 29.7 Å². The van der Waals surface area contributed by atoms with Crippen molar-refractivity contribution in [2.45, 2.75) is 44.6 Å². The van der Waals surface area contributed by atoms with E-state index in [4.69, 9.17) is 4.74 Å². The molecule has 2 heterocycles. The molecule has 0 unspecified atom stereocenters. The van der Waals surface area contributed by atoms with Gasteiger partial charge in [0, 0.05) is 11.5 Å². The third-order valence-corrected chi connectivity index (χ3v) is 5.05. The highest BCUT2D eigenvalue weighted by Gasteiger charge is 2.29. The lowest BCUT2D eigenvalue weighted by Crippen LogP contribution is -2.27. The molecule has 0 bridgehead atoms. The Morgan fingerprint density at radius 2 is 2.05 bits per heavy atom. The number of hydrogen-bond acceptors (Lipinski definition) is 4. The molecule has 0 radical (unpaired) electrons. The molecule has 108 valence electrons. The van der Waals surface area contributed by atoms with Crippen LogP contribution in [0.15, 0.2) is 0 Å². The van der Waals surface area contributed by atoms with Crippen molar-refractivity contribution in [2.24, 2.45) is 0 Å². The van der Waals surface area contributed by atoms with Crippen LogP contribution in [0.3, 0.4) is 0 Å². The highest BCUT2D eigenvalue weighted by molar-refractivity contribution is 7.17. The Bertz CT molecular complexity index is 546. The molecule has 0 saturated carbocycles. The summed E-state index contributed by atoms with van der Waals surface area (Å²) >= 11 is 1.41. The van der Waals surface area contributed by atoms with Crippen molar-refractivity contribution in [2.75, 3.05) is 11.9 Å². The van der Waals surface area contributed by atoms with Crippen molar-refractivity contribution >= 4 is 28.2 Å². The van der Waals surface area contributed by atoms with Gasteiger partial charge in [0.2, 0.25) is 0 Å². The predicted octanol–water partition coefficient (Wildman–Crippen LogP) is 2.44. The Hall–Kier alpha value is -1.40. The second kappa shape index (κ2) is 5.54. The van der Waals surface area contributed by atoms with Gasteiger partial charge >= 0.3 is 5.97 Å². The quantitative estimate of drug-likeness (QED) is 0.898. The lowest BCUT2D eigenvalue weighted by molar-refractivity contribution is -0.124. The van der Waals surface area contributed by atoms with Gasteiger partial charge in [-0.05, 0) is 44.1 Å². The molecule has 5 nitrogen and oxygen atoms in total. The van der Waals surface area contributed by atoms with Crippen LogP contribution in [0.1, 0.15) is 46.5 Å². The van der Waals surface area contributed by atoms with Crippen LogP contribution < -0.4 is 5.32 Å². The fraction of sp³-hybridized carbons (Fsp3) is 0.571. The van der Waals surface area contributed by atoms with Gasteiger partial charge in [-0.25, -0.2) is 4.79 Å². The predicted molar refractivity (Wildman–Crippen MR) is 75.5 cm³/mol. The molecule has 1 aliphatic heterocycles. The molecule has 1 aliphatic carbocycles. The Morgan fingerprint density at radius 1 is 1.25 bits per heavy atom. The zero-order valence-corrected chi connectivity index (χ0v) is 11.9. The van der Waals surface area contributed by atoms with Gasteiger partial charge < -0.3 is 15.2 Å². The Kier molecular flexibility index (Phi) is 3.76. The largest absolute Gasteiger partial charge is 0.478 e. The van der Waals surface area contributed by atoms with Crippen LogP contribution in [0.2, 0.25) is 0 Å². The van der Waals surface area contributed by atoms with Crippen molar-refractivity contribution in [3.8, 4) is 0 Å². The minimum atomic E-state index is -0.952. The van der Waals surface area contributed by atoms with Crippen molar-refractivity contribution in [3.63, 3.8) is 0 Å². The third kappa shape index (κ3) is 2.45. The molecule has 2 N–H and O–H groups in total. The van der Waals surface area contributed by atoms with E-state index >= 15 is 0 Å². The van der Waals surface area contributed by atoms with Crippen molar-refractivity contribution in [3.05, 3.63) is 16.0 Å². The number of aromatic carboxylic acids is 1. The molecule has 20 heavy (non-hydrogen) atoms. The van der Waals surface area contributed by atoms with E-state index in [0.717, 1.165) is 42.5 Å². The number of anilines is 1. The van der Waals surface area contributed by atoms with Gasteiger partial charge in [-0.15, -0.1) is 11.3 Å². The molecular formula is C14H17NO4S. The average Bonchev–Trinajstić information content (AvgIpc) is 3.05. The van der Waals surface area contributed by atoms with E-state index in [1.807, 2.05) is 0 Å². The second-order valence-corrected chi connectivity index (χ2v) is 6.32. The molecule has 1 atom stereocenters. The van der Waals surface area contributed by atoms with Crippen LogP contribution in [0.5, 0.6) is 0 Å². The number of carbonyl (C=O) groups excluding carboxylic acids is 1. The van der Waals surface area contributed by atoms with E-state index in [2.05, 4.69) is 5.32 Å². The van der Waals surface area contributed by atoms with Gasteiger partial charge in [0.05, 0.1) is 5.56 Å². The highest BCUT2D eigenvalue weighted by Crippen LogP contribution is 2.38. The van der Waals surface area contributed by atoms with E-state index in [-0.39, 0.29) is 11.5 Å². The maximum Gasteiger partial charge on any atom is 0.339 e. The summed E-state index contributed by atoms with van der Waals surface area (Å²) in [6.07, 6.45) is 4.97. The number of amides is 1. The number of thiophene rings is 1. The number of carboxylic acids is 1. The van der Waals surface area contributed by atoms with Gasteiger partial charge in [0.1, 0.15) is 11.1 Å². The van der Waals surface area contributed by atoms with E-state index in [0.29, 0.717) is 18.0 Å². The number of rotatable bonds is 3. The first-order valence-electron chi connectivity index (χ1n) is 6.97. The minimum Gasteiger partial charge on any atom is -0.478 e. The van der Waals surface area contributed by atoms with Gasteiger partial charge in [-0.3, -0.25) is 4.79 Å². The van der Waals surface area contributed by atoms with E-state index in [1.54, 1.807) is 0 Å². The lowest BCUT2D eigenvalue weighted by Gasteiger charge is -2.11. The fourth-order valence-corrected chi connectivity index (χ4v) is 4.14. The number of carbonyl (C=O) groups is 2. The molecule has 0 spiro atoms. The van der Waals surface area contributed by atoms with Gasteiger partial charge in [-0.1, -0.05) is 0 Å². The van der Waals surface area contributed by atoms with Gasteiger partial charge in [-0.2, -0.15) is 0 Å². The molecule has 3 rings (SSSR count). The molecule has 6 heteroatoms. The van der Waals surface area contributed by atoms with Crippen LogP contribution in [0.25, 0.3) is 0 Å². The third-order valence-electron chi connectivity index (χ3n) is 3.84. The van der Waals surface area contributed by atoms with Gasteiger partial charge in [0.25, 0.3) is 5.91 Å². The molecule has 0 aromatic carbocycles. The molecule has 1 aromatic rings. The number of aryl methyl sites for hydroxylation is 1. The van der Waals surface area contributed by atoms with E-state index < -0.39 is 12.1 Å². The zero-order chi connectivity index (χ0) is 14.1. The maximum atomic E-state index is 12.1. The molecular weight excluding hydrogens is 278 g/mol. The van der Waals surface area contributed by atoms with Crippen molar-refractivity contribution in [1.82, 2.24) is 0 Å². The molecule has 1 aromatic heterocycles. The topological polar surface area (TPSA) is 75.6 Å². The zero-order valence-electron chi connectivity index (χ0n) is 11.1. The lowest BCUT2D eigenvalue weighted by atomic mass is 9.95. The molecule has 1 amide bonds. The van der Waals surface area contributed by atoms with Crippen LogP contribution in [-0.2, 0) is 22.4 Å². The summed E-state index contributed by atoms with van der Waals surface area (Å²) < 4.78 is 5.33. The second-order valence-electron chi connectivity index (χ2n) is 5.21. The summed E-state index contributed by atoms with van der Waals surface area (Å²) in [5.41, 5.74) is 1.20. The van der Waals surface area contributed by atoms with Crippen molar-refractivity contribution in [1.29, 1.82) is 0 Å². The summed E-state index contributed by atoms with van der Waals surface area (Å²) in [6, 6.07) is 0. The SMILES string of the molecule is O=C(O)c1c(NC(=O)[C@@H]2CCCO2)sc2c1CCCC2. The summed E-state index contributed by atoms with van der Waals surface area (Å²) in [4.78, 5) is 24.7. The monoisotopic (exact) mass is 295 g/mol. The summed E-state index contributed by atoms with van der Waals surface area (Å²) in [6.45, 7) is 0.602. The van der Waals surface area contributed by atoms with Crippen LogP contribution >= 0.6 is 11.3 Å². The fourth-order valence-electron chi connectivity index (χ4n) is 2.86. The number of nitrogens with one attached hydrogen (secondary N) is 1. The first kappa shape index (κ1) is 13.6. The van der Waals surface area contributed by atoms with Gasteiger partial charge in [0.15, 0.2) is 0 Å². The van der Waals surface area contributed by atoms with Crippen LogP contribution in [0, 0.1) is 0 Å². The van der Waals surface area contributed by atoms with E-state index in [9.17, 15) is 14.7 Å². The first-order chi connectivity index (χ1) is 9.66. The Labute approximate surface area is 120 Å². The highest BCUT2D eigenvalue weighted by atomic mass is 32.1. The summed E-state index contributed by atoms with van der Waals surface area (Å²) in [5.74, 6) is -1.17. The molecule has 2 aliphatic rings. The van der Waals surface area contributed by atoms with E-state index in [1.165, 1.54) is 11.3 Å². The minimum absolute atomic E-state index is 0.219. The summed E-state index contributed by atoms with van der Waals surface area (Å²) in [7, 11) is 0. The Morgan fingerprint density at radius 3 is 2.75 bits per heavy atom. The number of ether oxygens (including phenoxy) is 1. The average molecular weight is 295 g/mol. The van der Waals surface area contributed by atoms with Crippen molar-refractivity contribution < 1.29 is 19.4 Å². The summed E-state index contributed by atoms with van der Waals surface area (Å²) in [5, 5.41) is 12.7. The van der Waals surface area contributed by atoms with Crippen LogP contribution in [0.4, 0.5) is 5.00 Å². The molecule has 1 fully saturated rings. The first-order valence-corrected chi connectivity index (χ1v) is 7.79.